The normalized spacial score (nSPS) is 14.0. The molecule has 2 aromatic carbocycles. The van der Waals surface area contributed by atoms with Crippen molar-refractivity contribution >= 4 is 45.6 Å². The van der Waals surface area contributed by atoms with Crippen molar-refractivity contribution in [2.45, 2.75) is 20.8 Å². The van der Waals surface area contributed by atoms with E-state index in [9.17, 15) is 4.79 Å². The van der Waals surface area contributed by atoms with Gasteiger partial charge in [-0.05, 0) is 69.3 Å². The second kappa shape index (κ2) is 9.65. The summed E-state index contributed by atoms with van der Waals surface area (Å²) >= 11 is 6.14. The molecule has 0 saturated carbocycles. The van der Waals surface area contributed by atoms with Gasteiger partial charge in [-0.1, -0.05) is 11.6 Å². The van der Waals surface area contributed by atoms with E-state index in [4.69, 9.17) is 11.6 Å². The molecule has 3 aromatic rings. The first kappa shape index (κ1) is 22.2. The second-order valence-electron chi connectivity index (χ2n) is 8.07. The molecular formula is C25H30ClN5O. The molecule has 0 atom stereocenters. The number of hydrogen-bond donors (Lipinski definition) is 1. The van der Waals surface area contributed by atoms with Crippen LogP contribution in [0.25, 0.3) is 10.9 Å². The number of anilines is 3. The largest absolute Gasteiger partial charge is 0.368 e. The summed E-state index contributed by atoms with van der Waals surface area (Å²) in [5.74, 6) is 0. The lowest BCUT2D eigenvalue weighted by molar-refractivity contribution is 0.154. The third-order valence-corrected chi connectivity index (χ3v) is 6.23. The number of aromatic nitrogens is 1. The van der Waals surface area contributed by atoms with Gasteiger partial charge >= 0.3 is 6.03 Å². The Kier molecular flexibility index (Phi) is 6.70. The number of nitrogens with zero attached hydrogens (tertiary/aromatic N) is 4. The summed E-state index contributed by atoms with van der Waals surface area (Å²) in [5, 5.41) is 5.25. The maximum absolute atomic E-state index is 12.6. The molecule has 2 amide bonds. The number of pyridine rings is 1. The summed E-state index contributed by atoms with van der Waals surface area (Å²) in [6.07, 6.45) is 0. The highest BCUT2D eigenvalue weighted by molar-refractivity contribution is 6.31. The average Bonchev–Trinajstić information content (AvgIpc) is 2.80. The molecule has 0 spiro atoms. The van der Waals surface area contributed by atoms with Gasteiger partial charge in [0.05, 0.1) is 5.52 Å². The Morgan fingerprint density at radius 3 is 2.38 bits per heavy atom. The Morgan fingerprint density at radius 1 is 1.03 bits per heavy atom. The van der Waals surface area contributed by atoms with Gasteiger partial charge in [-0.25, -0.2) is 4.79 Å². The Morgan fingerprint density at radius 2 is 1.72 bits per heavy atom. The van der Waals surface area contributed by atoms with Crippen LogP contribution < -0.4 is 10.2 Å². The Labute approximate surface area is 194 Å². The van der Waals surface area contributed by atoms with Crippen LogP contribution in [0.1, 0.15) is 19.5 Å². The standard InChI is InChI=1S/C25H30ClN5O/c1-4-29(5-2)25(32)31-14-12-30(13-15-31)21-9-7-20(8-10-21)28-23-16-18(3)27-24-17-19(26)6-11-22(23)24/h6-11,16-17H,4-5,12-15H2,1-3H3,(H,27,28). The first-order valence-corrected chi connectivity index (χ1v) is 11.6. The van der Waals surface area contributed by atoms with E-state index in [1.807, 2.05) is 48.8 Å². The summed E-state index contributed by atoms with van der Waals surface area (Å²) in [6, 6.07) is 16.4. The highest BCUT2D eigenvalue weighted by Crippen LogP contribution is 2.29. The Balaban J connectivity index is 1.43. The van der Waals surface area contributed by atoms with E-state index in [1.54, 1.807) is 0 Å². The minimum Gasteiger partial charge on any atom is -0.368 e. The fourth-order valence-corrected chi connectivity index (χ4v) is 4.36. The molecular weight excluding hydrogens is 422 g/mol. The molecule has 1 aromatic heterocycles. The molecule has 1 aliphatic heterocycles. The molecule has 0 aliphatic carbocycles. The van der Waals surface area contributed by atoms with E-state index < -0.39 is 0 Å². The monoisotopic (exact) mass is 451 g/mol. The summed E-state index contributed by atoms with van der Waals surface area (Å²) in [6.45, 7) is 10.7. The molecule has 7 heteroatoms. The van der Waals surface area contributed by atoms with Crippen LogP contribution in [0.4, 0.5) is 21.9 Å². The van der Waals surface area contributed by atoms with Crippen LogP contribution >= 0.6 is 11.6 Å². The topological polar surface area (TPSA) is 51.7 Å². The molecule has 168 valence electrons. The fraction of sp³-hybridized carbons (Fsp3) is 0.360. The molecule has 0 bridgehead atoms. The number of fused-ring (bicyclic) bond motifs is 1. The number of benzene rings is 2. The van der Waals surface area contributed by atoms with Crippen molar-refractivity contribution in [2.75, 3.05) is 49.5 Å². The fourth-order valence-electron chi connectivity index (χ4n) is 4.20. The molecule has 6 nitrogen and oxygen atoms in total. The predicted molar refractivity (Wildman–Crippen MR) is 133 cm³/mol. The van der Waals surface area contributed by atoms with E-state index in [-0.39, 0.29) is 6.03 Å². The van der Waals surface area contributed by atoms with Crippen molar-refractivity contribution in [1.29, 1.82) is 0 Å². The van der Waals surface area contributed by atoms with Gasteiger partial charge in [-0.15, -0.1) is 0 Å². The lowest BCUT2D eigenvalue weighted by Gasteiger charge is -2.38. The smallest absolute Gasteiger partial charge is 0.320 e. The van der Waals surface area contributed by atoms with Gasteiger partial charge in [0.1, 0.15) is 0 Å². The van der Waals surface area contributed by atoms with E-state index in [1.165, 1.54) is 5.69 Å². The number of nitrogens with one attached hydrogen (secondary N) is 1. The predicted octanol–water partition coefficient (Wildman–Crippen LogP) is 5.52. The number of halogens is 1. The minimum atomic E-state index is 0.148. The molecule has 1 saturated heterocycles. The van der Waals surface area contributed by atoms with E-state index in [0.29, 0.717) is 5.02 Å². The lowest BCUT2D eigenvalue weighted by atomic mass is 10.1. The summed E-state index contributed by atoms with van der Waals surface area (Å²) in [7, 11) is 0. The van der Waals surface area contributed by atoms with Crippen LogP contribution in [0.2, 0.25) is 5.02 Å². The van der Waals surface area contributed by atoms with Crippen LogP contribution in [0.3, 0.4) is 0 Å². The van der Waals surface area contributed by atoms with E-state index in [2.05, 4.69) is 45.5 Å². The first-order chi connectivity index (χ1) is 15.5. The van der Waals surface area contributed by atoms with Gasteiger partial charge in [0.25, 0.3) is 0 Å². The van der Waals surface area contributed by atoms with Crippen molar-refractivity contribution in [3.05, 3.63) is 59.2 Å². The van der Waals surface area contributed by atoms with Gasteiger partial charge in [-0.3, -0.25) is 4.98 Å². The Hall–Kier alpha value is -2.99. The number of carbonyl (C=O) groups excluding carboxylic acids is 1. The number of amides is 2. The van der Waals surface area contributed by atoms with Crippen LogP contribution in [-0.2, 0) is 0 Å². The van der Waals surface area contributed by atoms with Gasteiger partial charge in [0, 0.05) is 72.4 Å². The molecule has 0 unspecified atom stereocenters. The number of urea groups is 1. The second-order valence-corrected chi connectivity index (χ2v) is 8.51. The van der Waals surface area contributed by atoms with E-state index in [0.717, 1.165) is 67.2 Å². The zero-order chi connectivity index (χ0) is 22.7. The molecule has 1 N–H and O–H groups in total. The van der Waals surface area contributed by atoms with Crippen LogP contribution in [-0.4, -0.2) is 60.1 Å². The van der Waals surface area contributed by atoms with Crippen LogP contribution in [0.5, 0.6) is 0 Å². The quantitative estimate of drug-likeness (QED) is 0.554. The number of piperazine rings is 1. The van der Waals surface area contributed by atoms with Gasteiger partial charge < -0.3 is 20.0 Å². The van der Waals surface area contributed by atoms with Gasteiger partial charge in [0.2, 0.25) is 0 Å². The minimum absolute atomic E-state index is 0.148. The van der Waals surface area contributed by atoms with Crippen molar-refractivity contribution in [2.24, 2.45) is 0 Å². The van der Waals surface area contributed by atoms with Crippen molar-refractivity contribution in [3.8, 4) is 0 Å². The third-order valence-electron chi connectivity index (χ3n) is 6.00. The number of carbonyl (C=O) groups is 1. The Bertz CT molecular complexity index is 1080. The van der Waals surface area contributed by atoms with Gasteiger partial charge in [0.15, 0.2) is 0 Å². The van der Waals surface area contributed by atoms with Crippen LogP contribution in [0, 0.1) is 6.92 Å². The van der Waals surface area contributed by atoms with Crippen LogP contribution in [0.15, 0.2) is 48.5 Å². The molecule has 2 heterocycles. The zero-order valence-electron chi connectivity index (χ0n) is 18.9. The maximum Gasteiger partial charge on any atom is 0.320 e. The molecule has 0 radical (unpaired) electrons. The molecule has 1 aliphatic rings. The van der Waals surface area contributed by atoms with Gasteiger partial charge in [-0.2, -0.15) is 0 Å². The van der Waals surface area contributed by atoms with Crippen molar-refractivity contribution in [3.63, 3.8) is 0 Å². The number of rotatable bonds is 5. The molecule has 1 fully saturated rings. The maximum atomic E-state index is 12.6. The third kappa shape index (κ3) is 4.75. The molecule has 32 heavy (non-hydrogen) atoms. The molecule has 4 rings (SSSR count). The average molecular weight is 452 g/mol. The number of hydrogen-bond acceptors (Lipinski definition) is 4. The van der Waals surface area contributed by atoms with Crippen molar-refractivity contribution < 1.29 is 4.79 Å². The summed E-state index contributed by atoms with van der Waals surface area (Å²) < 4.78 is 0. The summed E-state index contributed by atoms with van der Waals surface area (Å²) in [4.78, 5) is 23.3. The highest BCUT2D eigenvalue weighted by Gasteiger charge is 2.24. The SMILES string of the molecule is CCN(CC)C(=O)N1CCN(c2ccc(Nc3cc(C)nc4cc(Cl)ccc34)cc2)CC1. The zero-order valence-corrected chi connectivity index (χ0v) is 19.7. The van der Waals surface area contributed by atoms with E-state index >= 15 is 0 Å². The first-order valence-electron chi connectivity index (χ1n) is 11.2. The lowest BCUT2D eigenvalue weighted by Crippen LogP contribution is -2.52. The van der Waals surface area contributed by atoms with Crippen molar-refractivity contribution in [1.82, 2.24) is 14.8 Å². The summed E-state index contributed by atoms with van der Waals surface area (Å²) in [5.41, 5.74) is 5.03. The number of aryl methyl sites for hydroxylation is 1. The highest BCUT2D eigenvalue weighted by atomic mass is 35.5.